The normalized spacial score (nSPS) is 10.3. The van der Waals surface area contributed by atoms with E-state index < -0.39 is 11.7 Å². The molecule has 1 aromatic heterocycles. The van der Waals surface area contributed by atoms with E-state index in [-0.39, 0.29) is 11.4 Å². The Morgan fingerprint density at radius 2 is 1.64 bits per heavy atom. The highest BCUT2D eigenvalue weighted by Gasteiger charge is 2.11. The smallest absolute Gasteiger partial charge is 0.258 e. The Labute approximate surface area is 143 Å². The van der Waals surface area contributed by atoms with Crippen molar-refractivity contribution in [2.45, 2.75) is 6.54 Å². The lowest BCUT2D eigenvalue weighted by Crippen LogP contribution is -2.14. The first kappa shape index (κ1) is 16.6. The Hall–Kier alpha value is -3.28. The van der Waals surface area contributed by atoms with E-state index in [4.69, 9.17) is 0 Å². The molecule has 0 aliphatic heterocycles. The van der Waals surface area contributed by atoms with Gasteiger partial charge in [-0.2, -0.15) is 0 Å². The lowest BCUT2D eigenvalue weighted by molar-refractivity contribution is 0.102. The number of benzene rings is 2. The summed E-state index contributed by atoms with van der Waals surface area (Å²) in [6.07, 6.45) is 1.45. The quantitative estimate of drug-likeness (QED) is 0.732. The first-order chi connectivity index (χ1) is 12.1. The molecule has 0 radical (unpaired) electrons. The first-order valence-corrected chi connectivity index (χ1v) is 7.63. The molecule has 0 fully saturated rings. The maximum atomic E-state index is 13.6. The Kier molecular flexibility index (Phi) is 4.99. The van der Waals surface area contributed by atoms with Crippen molar-refractivity contribution in [1.29, 1.82) is 0 Å². The molecule has 0 bridgehead atoms. The van der Waals surface area contributed by atoms with Crippen molar-refractivity contribution in [3.8, 4) is 0 Å². The van der Waals surface area contributed by atoms with Crippen LogP contribution in [0.4, 0.5) is 20.3 Å². The number of halogens is 2. The van der Waals surface area contributed by atoms with Crippen LogP contribution in [0, 0.1) is 11.6 Å². The van der Waals surface area contributed by atoms with Crippen molar-refractivity contribution in [3.05, 3.63) is 89.6 Å². The highest BCUT2D eigenvalue weighted by molar-refractivity contribution is 6.04. The SMILES string of the molecule is O=C(Nc1ccc(NCc2ccccc2F)nc1)c1ccccc1F. The minimum Gasteiger partial charge on any atom is -0.366 e. The van der Waals surface area contributed by atoms with Crippen molar-refractivity contribution >= 4 is 17.4 Å². The monoisotopic (exact) mass is 339 g/mol. The van der Waals surface area contributed by atoms with E-state index >= 15 is 0 Å². The van der Waals surface area contributed by atoms with Crippen molar-refractivity contribution in [2.24, 2.45) is 0 Å². The van der Waals surface area contributed by atoms with Crippen LogP contribution in [-0.4, -0.2) is 10.9 Å². The van der Waals surface area contributed by atoms with E-state index in [2.05, 4.69) is 15.6 Å². The van der Waals surface area contributed by atoms with Crippen molar-refractivity contribution < 1.29 is 13.6 Å². The predicted octanol–water partition coefficient (Wildman–Crippen LogP) is 4.22. The molecule has 0 saturated carbocycles. The van der Waals surface area contributed by atoms with E-state index in [0.29, 0.717) is 23.6 Å². The maximum Gasteiger partial charge on any atom is 0.258 e. The average molecular weight is 339 g/mol. The number of hydrogen-bond acceptors (Lipinski definition) is 3. The van der Waals surface area contributed by atoms with Crippen LogP contribution < -0.4 is 10.6 Å². The highest BCUT2D eigenvalue weighted by Crippen LogP contribution is 2.14. The molecule has 2 N–H and O–H groups in total. The van der Waals surface area contributed by atoms with Gasteiger partial charge >= 0.3 is 0 Å². The Balaban J connectivity index is 1.62. The number of carbonyl (C=O) groups excluding carboxylic acids is 1. The van der Waals surface area contributed by atoms with Gasteiger partial charge in [0, 0.05) is 12.1 Å². The Morgan fingerprint density at radius 1 is 0.920 bits per heavy atom. The molecule has 0 aliphatic carbocycles. The van der Waals surface area contributed by atoms with E-state index in [1.54, 1.807) is 36.4 Å². The van der Waals surface area contributed by atoms with Gasteiger partial charge in [0.1, 0.15) is 17.5 Å². The second kappa shape index (κ2) is 7.53. The fraction of sp³-hybridized carbons (Fsp3) is 0.0526. The number of rotatable bonds is 5. The molecular formula is C19H15F2N3O. The van der Waals surface area contributed by atoms with Gasteiger partial charge in [-0.15, -0.1) is 0 Å². The topological polar surface area (TPSA) is 54.0 Å². The number of amides is 1. The summed E-state index contributed by atoms with van der Waals surface area (Å²) in [5.74, 6) is -0.890. The van der Waals surface area contributed by atoms with E-state index in [1.807, 2.05) is 0 Å². The lowest BCUT2D eigenvalue weighted by atomic mass is 10.2. The molecule has 0 saturated heterocycles. The summed E-state index contributed by atoms with van der Waals surface area (Å²) in [7, 11) is 0. The standard InChI is InChI=1S/C19H15F2N3O/c20-16-7-3-1-5-13(16)11-22-18-10-9-14(12-23-18)24-19(25)15-6-2-4-8-17(15)21/h1-10,12H,11H2,(H,22,23)(H,24,25). The molecule has 1 amide bonds. The second-order valence-electron chi connectivity index (χ2n) is 5.31. The molecule has 3 aromatic rings. The minimum absolute atomic E-state index is 0.0377. The van der Waals surface area contributed by atoms with Crippen LogP contribution >= 0.6 is 0 Å². The predicted molar refractivity (Wildman–Crippen MR) is 92.3 cm³/mol. The van der Waals surface area contributed by atoms with Crippen LogP contribution in [0.3, 0.4) is 0 Å². The third-order valence-electron chi connectivity index (χ3n) is 3.56. The third kappa shape index (κ3) is 4.17. The summed E-state index contributed by atoms with van der Waals surface area (Å²) in [4.78, 5) is 16.2. The Morgan fingerprint density at radius 3 is 2.32 bits per heavy atom. The van der Waals surface area contributed by atoms with Gasteiger partial charge in [0.2, 0.25) is 0 Å². The van der Waals surface area contributed by atoms with Crippen LogP contribution in [-0.2, 0) is 6.54 Å². The average Bonchev–Trinajstić information content (AvgIpc) is 2.62. The summed E-state index contributed by atoms with van der Waals surface area (Å²) in [5, 5.41) is 5.58. The van der Waals surface area contributed by atoms with E-state index in [1.165, 1.54) is 30.5 Å². The molecule has 2 aromatic carbocycles. The molecule has 3 rings (SSSR count). The molecule has 6 heteroatoms. The molecule has 0 aliphatic rings. The third-order valence-corrected chi connectivity index (χ3v) is 3.56. The zero-order valence-corrected chi connectivity index (χ0v) is 13.2. The van der Waals surface area contributed by atoms with Crippen molar-refractivity contribution in [1.82, 2.24) is 4.98 Å². The van der Waals surface area contributed by atoms with E-state index in [9.17, 15) is 13.6 Å². The largest absolute Gasteiger partial charge is 0.366 e. The molecule has 0 unspecified atom stereocenters. The fourth-order valence-electron chi connectivity index (χ4n) is 2.24. The van der Waals surface area contributed by atoms with Gasteiger partial charge in [0.05, 0.1) is 17.4 Å². The second-order valence-corrected chi connectivity index (χ2v) is 5.31. The minimum atomic E-state index is -0.587. The number of nitrogens with one attached hydrogen (secondary N) is 2. The molecule has 25 heavy (non-hydrogen) atoms. The summed E-state index contributed by atoms with van der Waals surface area (Å²) >= 11 is 0. The molecule has 0 spiro atoms. The van der Waals surface area contributed by atoms with Gasteiger partial charge in [-0.25, -0.2) is 13.8 Å². The number of anilines is 2. The fourth-order valence-corrected chi connectivity index (χ4v) is 2.24. The maximum absolute atomic E-state index is 13.6. The van der Waals surface area contributed by atoms with Crippen LogP contribution in [0.15, 0.2) is 66.9 Å². The van der Waals surface area contributed by atoms with Crippen molar-refractivity contribution in [2.75, 3.05) is 10.6 Å². The summed E-state index contributed by atoms with van der Waals surface area (Å²) in [6, 6.07) is 15.5. The summed E-state index contributed by atoms with van der Waals surface area (Å²) in [6.45, 7) is 0.292. The highest BCUT2D eigenvalue weighted by atomic mass is 19.1. The molecule has 1 heterocycles. The zero-order chi connectivity index (χ0) is 17.6. The number of aromatic nitrogens is 1. The van der Waals surface area contributed by atoms with Gasteiger partial charge in [0.15, 0.2) is 0 Å². The van der Waals surface area contributed by atoms with Crippen molar-refractivity contribution in [3.63, 3.8) is 0 Å². The van der Waals surface area contributed by atoms with Gasteiger partial charge in [-0.1, -0.05) is 30.3 Å². The van der Waals surface area contributed by atoms with Gasteiger partial charge in [-0.3, -0.25) is 4.79 Å². The van der Waals surface area contributed by atoms with Gasteiger partial charge in [0.25, 0.3) is 5.91 Å². The summed E-state index contributed by atoms with van der Waals surface area (Å²) in [5.41, 5.74) is 0.926. The lowest BCUT2D eigenvalue weighted by Gasteiger charge is -2.09. The number of nitrogens with zero attached hydrogens (tertiary/aromatic N) is 1. The van der Waals surface area contributed by atoms with Crippen LogP contribution in [0.2, 0.25) is 0 Å². The summed E-state index contributed by atoms with van der Waals surface area (Å²) < 4.78 is 27.1. The van der Waals surface area contributed by atoms with Crippen LogP contribution in [0.25, 0.3) is 0 Å². The van der Waals surface area contributed by atoms with E-state index in [0.717, 1.165) is 0 Å². The number of hydrogen-bond donors (Lipinski definition) is 2. The van der Waals surface area contributed by atoms with Gasteiger partial charge < -0.3 is 10.6 Å². The molecule has 4 nitrogen and oxygen atoms in total. The number of pyridine rings is 1. The number of carbonyl (C=O) groups is 1. The molecular weight excluding hydrogens is 324 g/mol. The molecule has 126 valence electrons. The molecule has 0 atom stereocenters. The van der Waals surface area contributed by atoms with Gasteiger partial charge in [-0.05, 0) is 30.3 Å². The van der Waals surface area contributed by atoms with Crippen LogP contribution in [0.5, 0.6) is 0 Å². The Bertz CT molecular complexity index is 882. The van der Waals surface area contributed by atoms with Crippen LogP contribution in [0.1, 0.15) is 15.9 Å². The zero-order valence-electron chi connectivity index (χ0n) is 13.2. The first-order valence-electron chi connectivity index (χ1n) is 7.63.